The average Bonchev–Trinajstić information content (AvgIpc) is 2.86. The van der Waals surface area contributed by atoms with Crippen molar-refractivity contribution in [3.63, 3.8) is 0 Å². The minimum absolute atomic E-state index is 0.0659. The van der Waals surface area contributed by atoms with E-state index in [0.717, 1.165) is 37.2 Å². The van der Waals surface area contributed by atoms with E-state index in [4.69, 9.17) is 4.74 Å². The van der Waals surface area contributed by atoms with Gasteiger partial charge in [-0.05, 0) is 80.6 Å². The highest BCUT2D eigenvalue weighted by molar-refractivity contribution is 5.88. The van der Waals surface area contributed by atoms with Crippen molar-refractivity contribution in [1.82, 2.24) is 15.0 Å². The molecular formula is C29H38N6O3. The Labute approximate surface area is 224 Å². The van der Waals surface area contributed by atoms with Crippen LogP contribution >= 0.6 is 0 Å². The number of fused-ring (bicyclic) bond motifs is 1. The largest absolute Gasteiger partial charge is 0.497 e. The number of aromatic nitrogens is 2. The van der Waals surface area contributed by atoms with Gasteiger partial charge in [-0.15, -0.1) is 0 Å². The van der Waals surface area contributed by atoms with Crippen LogP contribution in [0, 0.1) is 17.8 Å². The van der Waals surface area contributed by atoms with Crippen LogP contribution in [0.4, 0.5) is 17.3 Å². The van der Waals surface area contributed by atoms with Gasteiger partial charge in [-0.2, -0.15) is 0 Å². The molecule has 2 unspecified atom stereocenters. The zero-order valence-corrected chi connectivity index (χ0v) is 22.5. The number of ether oxygens (including phenoxy) is 1. The van der Waals surface area contributed by atoms with E-state index in [-0.39, 0.29) is 17.9 Å². The van der Waals surface area contributed by atoms with Gasteiger partial charge < -0.3 is 20.5 Å². The van der Waals surface area contributed by atoms with Crippen molar-refractivity contribution < 1.29 is 14.6 Å². The number of aromatic carboxylic acids is 1. The van der Waals surface area contributed by atoms with E-state index in [2.05, 4.69) is 57.0 Å². The van der Waals surface area contributed by atoms with Gasteiger partial charge in [0.2, 0.25) is 5.82 Å². The van der Waals surface area contributed by atoms with Gasteiger partial charge in [0.05, 0.1) is 13.2 Å². The lowest BCUT2D eigenvalue weighted by Crippen LogP contribution is -2.45. The van der Waals surface area contributed by atoms with Gasteiger partial charge in [-0.3, -0.25) is 10.4 Å². The van der Waals surface area contributed by atoms with Crippen molar-refractivity contribution in [3.05, 3.63) is 46.9 Å². The van der Waals surface area contributed by atoms with E-state index < -0.39 is 5.97 Å². The van der Waals surface area contributed by atoms with Gasteiger partial charge >= 0.3 is 5.97 Å². The molecule has 9 heteroatoms. The molecule has 6 rings (SSSR count). The summed E-state index contributed by atoms with van der Waals surface area (Å²) in [5.74, 6) is 1.99. The van der Waals surface area contributed by atoms with Crippen LogP contribution in [0.2, 0.25) is 0 Å². The Kier molecular flexibility index (Phi) is 6.53. The Morgan fingerprint density at radius 2 is 2.05 bits per heavy atom. The Balaban J connectivity index is 1.45. The van der Waals surface area contributed by atoms with Crippen LogP contribution in [-0.4, -0.2) is 45.7 Å². The van der Waals surface area contributed by atoms with Crippen LogP contribution in [0.5, 0.6) is 5.75 Å². The van der Waals surface area contributed by atoms with Crippen LogP contribution in [0.25, 0.3) is 0 Å². The summed E-state index contributed by atoms with van der Waals surface area (Å²) in [6.07, 6.45) is 7.90. The molecule has 38 heavy (non-hydrogen) atoms. The molecule has 0 amide bonds. The third-order valence-corrected chi connectivity index (χ3v) is 9.07. The molecule has 2 aromatic rings. The first kappa shape index (κ1) is 24.8. The number of rotatable bonds is 6. The molecule has 2 aliphatic carbocycles. The van der Waals surface area contributed by atoms with Crippen LogP contribution in [-0.2, 0) is 0 Å². The number of hydrogen-bond donors (Lipinski definition) is 4. The number of carboxylic acid groups (broad SMARTS) is 1. The summed E-state index contributed by atoms with van der Waals surface area (Å²) in [5, 5.41) is 19.3. The Bertz CT molecular complexity index is 1260. The summed E-state index contributed by atoms with van der Waals surface area (Å²) >= 11 is 0. The maximum atomic E-state index is 12.1. The summed E-state index contributed by atoms with van der Waals surface area (Å²) in [5.41, 5.74) is 8.36. The smallest absolute Gasteiger partial charge is 0.374 e. The number of hydrazine groups is 1. The molecule has 3 heterocycles. The molecule has 2 aliphatic heterocycles. The SMILES string of the molecule is COc1cccc(C2CCC3=C4C(CC[C@H]3C)CNc3c(N[C@H](C)C5CCC5)nc(C(=O)O)nc3NN42)c1. The molecule has 0 saturated heterocycles. The van der Waals surface area contributed by atoms with E-state index in [1.165, 1.54) is 42.5 Å². The van der Waals surface area contributed by atoms with Crippen LogP contribution in [0.15, 0.2) is 35.5 Å². The van der Waals surface area contributed by atoms with Gasteiger partial charge in [0.15, 0.2) is 11.6 Å². The zero-order valence-electron chi connectivity index (χ0n) is 22.5. The number of nitrogens with one attached hydrogen (secondary N) is 3. The Morgan fingerprint density at radius 3 is 2.79 bits per heavy atom. The predicted octanol–water partition coefficient (Wildman–Crippen LogP) is 5.67. The van der Waals surface area contributed by atoms with E-state index in [0.29, 0.717) is 29.4 Å². The van der Waals surface area contributed by atoms with E-state index in [1.54, 1.807) is 7.11 Å². The van der Waals surface area contributed by atoms with Gasteiger partial charge in [0, 0.05) is 24.2 Å². The third kappa shape index (κ3) is 4.41. The second-order valence-electron chi connectivity index (χ2n) is 11.3. The third-order valence-electron chi connectivity index (χ3n) is 9.07. The number of allylic oxidation sites excluding steroid dienone is 1. The molecule has 202 valence electrons. The fourth-order valence-electron chi connectivity index (χ4n) is 6.62. The second kappa shape index (κ2) is 10.0. The van der Waals surface area contributed by atoms with Crippen molar-refractivity contribution in [2.75, 3.05) is 29.7 Å². The van der Waals surface area contributed by atoms with Crippen molar-refractivity contribution >= 4 is 23.3 Å². The fraction of sp³-hybridized carbons (Fsp3) is 0.552. The number of anilines is 3. The summed E-state index contributed by atoms with van der Waals surface area (Å²) in [6.45, 7) is 5.25. The van der Waals surface area contributed by atoms with Gasteiger partial charge in [0.25, 0.3) is 0 Å². The number of benzene rings is 1. The average molecular weight is 519 g/mol. The lowest BCUT2D eigenvalue weighted by Gasteiger charge is -2.48. The first-order chi connectivity index (χ1) is 18.4. The monoisotopic (exact) mass is 518 g/mol. The maximum absolute atomic E-state index is 12.1. The number of carboxylic acids is 1. The van der Waals surface area contributed by atoms with E-state index >= 15 is 0 Å². The number of methoxy groups -OCH3 is 1. The molecule has 1 saturated carbocycles. The number of carbonyl (C=O) groups is 1. The fourth-order valence-corrected chi connectivity index (χ4v) is 6.62. The van der Waals surface area contributed by atoms with Gasteiger partial charge in [-0.25, -0.2) is 14.8 Å². The number of hydrogen-bond acceptors (Lipinski definition) is 8. The van der Waals surface area contributed by atoms with Crippen molar-refractivity contribution in [2.45, 2.75) is 70.9 Å². The molecule has 1 fully saturated rings. The topological polar surface area (TPSA) is 112 Å². The minimum Gasteiger partial charge on any atom is -0.497 e. The minimum atomic E-state index is -1.14. The highest BCUT2D eigenvalue weighted by atomic mass is 16.5. The summed E-state index contributed by atoms with van der Waals surface area (Å²) < 4.78 is 5.55. The predicted molar refractivity (Wildman–Crippen MR) is 147 cm³/mol. The molecule has 0 radical (unpaired) electrons. The highest BCUT2D eigenvalue weighted by Crippen LogP contribution is 2.49. The Morgan fingerprint density at radius 1 is 1.21 bits per heavy atom. The molecule has 1 aromatic heterocycles. The van der Waals surface area contributed by atoms with Gasteiger partial charge in [-0.1, -0.05) is 25.5 Å². The summed E-state index contributed by atoms with van der Waals surface area (Å²) in [4.78, 5) is 21.1. The standard InChI is InChI=1S/C29H38N6O3/c1-16-10-11-20-15-30-24-26(31-17(2)18-6-4-7-18)32-28(29(36)37)33-27(24)34-35-23(13-12-22(16)25(20)35)19-8-5-9-21(14-19)38-3/h5,8-9,14,16-18,20,23,30H,4,6-7,10-13,15H2,1-3H3,(H,36,37)(H2,31,32,33,34)/t16-,17-,20?,23?/m1/s1. The van der Waals surface area contributed by atoms with Crippen LogP contribution in [0.3, 0.4) is 0 Å². The van der Waals surface area contributed by atoms with Crippen LogP contribution in [0.1, 0.15) is 81.0 Å². The van der Waals surface area contributed by atoms with E-state index in [1.807, 2.05) is 12.1 Å². The van der Waals surface area contributed by atoms with E-state index in [9.17, 15) is 9.90 Å². The lowest BCUT2D eigenvalue weighted by molar-refractivity contribution is 0.0683. The van der Waals surface area contributed by atoms with Gasteiger partial charge in [0.1, 0.15) is 11.4 Å². The van der Waals surface area contributed by atoms with Crippen LogP contribution < -0.4 is 20.8 Å². The lowest BCUT2D eigenvalue weighted by atomic mass is 9.75. The Hall–Kier alpha value is -3.49. The maximum Gasteiger partial charge on any atom is 0.374 e. The molecule has 0 spiro atoms. The second-order valence-corrected chi connectivity index (χ2v) is 11.3. The van der Waals surface area contributed by atoms with Crippen molar-refractivity contribution in [2.24, 2.45) is 17.8 Å². The normalized spacial score (nSPS) is 25.4. The quantitative estimate of drug-likeness (QED) is 0.384. The molecular weight excluding hydrogens is 480 g/mol. The van der Waals surface area contributed by atoms with Crippen molar-refractivity contribution in [3.8, 4) is 5.75 Å². The summed E-state index contributed by atoms with van der Waals surface area (Å²) in [7, 11) is 1.69. The molecule has 1 aromatic carbocycles. The molecule has 4 N–H and O–H groups in total. The number of nitrogens with zero attached hydrogens (tertiary/aromatic N) is 3. The highest BCUT2D eigenvalue weighted by Gasteiger charge is 2.40. The molecule has 4 atom stereocenters. The molecule has 4 aliphatic rings. The molecule has 0 bridgehead atoms. The summed E-state index contributed by atoms with van der Waals surface area (Å²) in [6, 6.07) is 8.52. The molecule has 9 nitrogen and oxygen atoms in total. The van der Waals surface area contributed by atoms with Crippen molar-refractivity contribution in [1.29, 1.82) is 0 Å². The first-order valence-corrected chi connectivity index (χ1v) is 14.0. The first-order valence-electron chi connectivity index (χ1n) is 14.0. The zero-order chi connectivity index (χ0) is 26.4.